The molecule has 1 fully saturated rings. The first-order valence-corrected chi connectivity index (χ1v) is 7.48. The smallest absolute Gasteiger partial charge is 0.164 e. The number of hydrogen-bond acceptors (Lipinski definition) is 2. The molecule has 19 heavy (non-hydrogen) atoms. The van der Waals surface area contributed by atoms with E-state index in [0.717, 1.165) is 24.6 Å². The van der Waals surface area contributed by atoms with Crippen molar-refractivity contribution in [3.05, 3.63) is 34.9 Å². The molecule has 2 atom stereocenters. The summed E-state index contributed by atoms with van der Waals surface area (Å²) in [5.41, 5.74) is 0.766. The Morgan fingerprint density at radius 2 is 2.00 bits per heavy atom. The summed E-state index contributed by atoms with van der Waals surface area (Å²) in [5, 5.41) is 0.676. The van der Waals surface area contributed by atoms with Crippen LogP contribution in [0.1, 0.15) is 43.5 Å². The third-order valence-electron chi connectivity index (χ3n) is 4.30. The van der Waals surface area contributed by atoms with Crippen molar-refractivity contribution in [2.45, 2.75) is 39.2 Å². The molecular weight excluding hydrogens is 258 g/mol. The van der Waals surface area contributed by atoms with Crippen molar-refractivity contribution in [3.8, 4) is 0 Å². The molecule has 104 valence electrons. The second kappa shape index (κ2) is 6.53. The number of halogens is 1. The van der Waals surface area contributed by atoms with Gasteiger partial charge in [-0.1, -0.05) is 18.5 Å². The van der Waals surface area contributed by atoms with Crippen molar-refractivity contribution in [2.24, 2.45) is 5.92 Å². The van der Waals surface area contributed by atoms with Crippen molar-refractivity contribution < 1.29 is 4.79 Å². The van der Waals surface area contributed by atoms with Crippen LogP contribution in [0.5, 0.6) is 0 Å². The Balaban J connectivity index is 1.88. The highest BCUT2D eigenvalue weighted by molar-refractivity contribution is 6.30. The van der Waals surface area contributed by atoms with Crippen LogP contribution in [-0.2, 0) is 0 Å². The van der Waals surface area contributed by atoms with Gasteiger partial charge in [-0.3, -0.25) is 9.69 Å². The van der Waals surface area contributed by atoms with Gasteiger partial charge in [0.25, 0.3) is 0 Å². The third kappa shape index (κ3) is 3.80. The van der Waals surface area contributed by atoms with Crippen molar-refractivity contribution in [1.29, 1.82) is 0 Å². The molecule has 0 bridgehead atoms. The maximum Gasteiger partial charge on any atom is 0.164 e. The summed E-state index contributed by atoms with van der Waals surface area (Å²) in [6.45, 7) is 6.57. The van der Waals surface area contributed by atoms with Gasteiger partial charge in [-0.15, -0.1) is 0 Å². The highest BCUT2D eigenvalue weighted by atomic mass is 35.5. The minimum absolute atomic E-state index is 0.210. The highest BCUT2D eigenvalue weighted by Gasteiger charge is 2.24. The van der Waals surface area contributed by atoms with Crippen LogP contribution in [-0.4, -0.2) is 29.8 Å². The lowest BCUT2D eigenvalue weighted by molar-refractivity contribution is 0.0878. The second-order valence-electron chi connectivity index (χ2n) is 5.58. The van der Waals surface area contributed by atoms with Gasteiger partial charge in [-0.2, -0.15) is 0 Å². The molecule has 2 rings (SSSR count). The number of benzene rings is 1. The number of carbonyl (C=O) groups is 1. The van der Waals surface area contributed by atoms with Gasteiger partial charge in [0.15, 0.2) is 5.78 Å². The maximum absolute atomic E-state index is 12.1. The van der Waals surface area contributed by atoms with Crippen molar-refractivity contribution in [2.75, 3.05) is 13.1 Å². The van der Waals surface area contributed by atoms with Gasteiger partial charge in [0.1, 0.15) is 0 Å². The Morgan fingerprint density at radius 3 is 2.68 bits per heavy atom. The van der Waals surface area contributed by atoms with Crippen LogP contribution >= 0.6 is 11.6 Å². The zero-order valence-electron chi connectivity index (χ0n) is 11.7. The van der Waals surface area contributed by atoms with Crippen LogP contribution in [0.15, 0.2) is 24.3 Å². The maximum atomic E-state index is 12.1. The lowest BCUT2D eigenvalue weighted by atomic mass is 9.92. The van der Waals surface area contributed by atoms with Crippen LogP contribution in [0, 0.1) is 5.92 Å². The van der Waals surface area contributed by atoms with Gasteiger partial charge < -0.3 is 0 Å². The number of ketones is 1. The predicted octanol–water partition coefficient (Wildman–Crippen LogP) is 4.03. The van der Waals surface area contributed by atoms with Gasteiger partial charge in [-0.25, -0.2) is 0 Å². The molecule has 0 aliphatic carbocycles. The van der Waals surface area contributed by atoms with E-state index < -0.39 is 0 Å². The fourth-order valence-corrected chi connectivity index (χ4v) is 2.89. The van der Waals surface area contributed by atoms with Gasteiger partial charge in [0.05, 0.1) is 0 Å². The van der Waals surface area contributed by atoms with Crippen molar-refractivity contribution >= 4 is 17.4 Å². The number of rotatable bonds is 4. The zero-order valence-corrected chi connectivity index (χ0v) is 12.5. The van der Waals surface area contributed by atoms with E-state index in [2.05, 4.69) is 18.7 Å². The molecule has 1 aliphatic heterocycles. The van der Waals surface area contributed by atoms with E-state index in [1.807, 2.05) is 12.1 Å². The molecule has 2 nitrogen and oxygen atoms in total. The Kier molecular flexibility index (Phi) is 5.00. The average molecular weight is 280 g/mol. The molecule has 0 radical (unpaired) electrons. The lowest BCUT2D eigenvalue weighted by Crippen LogP contribution is -2.43. The standard InChI is InChI=1S/C16H22ClNO/c1-12-4-3-10-18(13(12)2)11-9-16(19)14-5-7-15(17)8-6-14/h5-8,12-13H,3-4,9-11H2,1-2H3. The number of Topliss-reactive ketones (excluding diaryl/α,β-unsaturated/α-hetero) is 1. The normalized spacial score (nSPS) is 24.4. The summed E-state index contributed by atoms with van der Waals surface area (Å²) in [6, 6.07) is 7.77. The lowest BCUT2D eigenvalue weighted by Gasteiger charge is -2.37. The van der Waals surface area contributed by atoms with E-state index >= 15 is 0 Å². The van der Waals surface area contributed by atoms with Crippen LogP contribution in [0.25, 0.3) is 0 Å². The van der Waals surface area contributed by atoms with E-state index in [-0.39, 0.29) is 5.78 Å². The predicted molar refractivity (Wildman–Crippen MR) is 79.8 cm³/mol. The molecule has 1 aliphatic rings. The topological polar surface area (TPSA) is 20.3 Å². The summed E-state index contributed by atoms with van der Waals surface area (Å²) in [6.07, 6.45) is 3.15. The quantitative estimate of drug-likeness (QED) is 0.776. The minimum Gasteiger partial charge on any atom is -0.300 e. The Morgan fingerprint density at radius 1 is 1.32 bits per heavy atom. The summed E-state index contributed by atoms with van der Waals surface area (Å²) in [5.74, 6) is 0.946. The Bertz CT molecular complexity index is 429. The fourth-order valence-electron chi connectivity index (χ4n) is 2.76. The monoisotopic (exact) mass is 279 g/mol. The molecule has 0 N–H and O–H groups in total. The Labute approximate surface area is 120 Å². The SMILES string of the molecule is CC1CCCN(CCC(=O)c2ccc(Cl)cc2)C1C. The van der Waals surface area contributed by atoms with Gasteiger partial charge in [0.2, 0.25) is 0 Å². The van der Waals surface area contributed by atoms with E-state index in [1.54, 1.807) is 12.1 Å². The first kappa shape index (κ1) is 14.5. The summed E-state index contributed by atoms with van der Waals surface area (Å²) < 4.78 is 0. The summed E-state index contributed by atoms with van der Waals surface area (Å²) >= 11 is 5.83. The number of likely N-dealkylation sites (tertiary alicyclic amines) is 1. The molecule has 0 saturated carbocycles. The van der Waals surface area contributed by atoms with Crippen LogP contribution in [0.4, 0.5) is 0 Å². The second-order valence-corrected chi connectivity index (χ2v) is 6.01. The number of piperidine rings is 1. The van der Waals surface area contributed by atoms with E-state index in [9.17, 15) is 4.79 Å². The van der Waals surface area contributed by atoms with E-state index in [4.69, 9.17) is 11.6 Å². The van der Waals surface area contributed by atoms with Gasteiger partial charge >= 0.3 is 0 Å². The Hall–Kier alpha value is -0.860. The molecular formula is C16H22ClNO. The molecule has 1 heterocycles. The molecule has 0 amide bonds. The summed E-state index contributed by atoms with van der Waals surface area (Å²) in [4.78, 5) is 14.6. The molecule has 1 saturated heterocycles. The van der Waals surface area contributed by atoms with Gasteiger partial charge in [0, 0.05) is 29.6 Å². The average Bonchev–Trinajstić information content (AvgIpc) is 2.41. The van der Waals surface area contributed by atoms with Gasteiger partial charge in [-0.05, 0) is 56.5 Å². The molecule has 0 spiro atoms. The summed E-state index contributed by atoms with van der Waals surface area (Å²) in [7, 11) is 0. The highest BCUT2D eigenvalue weighted by Crippen LogP contribution is 2.23. The molecule has 3 heteroatoms. The molecule has 0 aromatic heterocycles. The van der Waals surface area contributed by atoms with Crippen molar-refractivity contribution in [3.63, 3.8) is 0 Å². The molecule has 1 aromatic carbocycles. The third-order valence-corrected chi connectivity index (χ3v) is 4.55. The number of carbonyl (C=O) groups excluding carboxylic acids is 1. The first-order chi connectivity index (χ1) is 9.08. The van der Waals surface area contributed by atoms with Crippen LogP contribution in [0.3, 0.4) is 0 Å². The molecule has 2 unspecified atom stereocenters. The minimum atomic E-state index is 0.210. The number of nitrogens with zero attached hydrogens (tertiary/aromatic N) is 1. The zero-order chi connectivity index (χ0) is 13.8. The fraction of sp³-hybridized carbons (Fsp3) is 0.562. The molecule has 1 aromatic rings. The van der Waals surface area contributed by atoms with Crippen molar-refractivity contribution in [1.82, 2.24) is 4.90 Å². The first-order valence-electron chi connectivity index (χ1n) is 7.10. The largest absolute Gasteiger partial charge is 0.300 e. The van der Waals surface area contributed by atoms with E-state index in [0.29, 0.717) is 17.5 Å². The van der Waals surface area contributed by atoms with Crippen LogP contribution < -0.4 is 0 Å². The van der Waals surface area contributed by atoms with E-state index in [1.165, 1.54) is 12.8 Å². The van der Waals surface area contributed by atoms with Crippen LogP contribution in [0.2, 0.25) is 5.02 Å². The number of hydrogen-bond donors (Lipinski definition) is 0.